The fourth-order valence-electron chi connectivity index (χ4n) is 2.85. The Morgan fingerprint density at radius 3 is 2.19 bits per heavy atom. The van der Waals surface area contributed by atoms with E-state index in [2.05, 4.69) is 16.0 Å². The summed E-state index contributed by atoms with van der Waals surface area (Å²) >= 11 is 0. The first kappa shape index (κ1) is 27.2. The lowest BCUT2D eigenvalue weighted by Crippen LogP contribution is -2.52. The number of hydrogen-bond donors (Lipinski definition) is 3. The molecule has 3 atom stereocenters. The number of rotatable bonds is 10. The fraction of sp³-hybridized carbons (Fsp3) is 0.560. The van der Waals surface area contributed by atoms with E-state index < -0.39 is 17.7 Å². The van der Waals surface area contributed by atoms with Crippen LogP contribution in [0.3, 0.4) is 0 Å². The Kier molecular flexibility index (Phi) is 11.0. The van der Waals surface area contributed by atoms with Gasteiger partial charge in [-0.3, -0.25) is 9.59 Å². The second kappa shape index (κ2) is 12.9. The normalized spacial score (nSPS) is 14.5. The molecule has 0 heterocycles. The van der Waals surface area contributed by atoms with Gasteiger partial charge < -0.3 is 20.7 Å². The van der Waals surface area contributed by atoms with Gasteiger partial charge in [0.1, 0.15) is 11.6 Å². The molecule has 1 aromatic rings. The van der Waals surface area contributed by atoms with Gasteiger partial charge in [0.05, 0.1) is 0 Å². The third-order valence-electron chi connectivity index (χ3n) is 4.76. The SMILES string of the molecule is CC(C)C[C@H](NC(=O)OC(C)(C)C)C(=O)N[C@@H](C)C(C)CNC(=O)/C=C/c1ccccc1. The third kappa shape index (κ3) is 11.5. The first-order valence-electron chi connectivity index (χ1n) is 11.2. The number of alkyl carbamates (subject to hydrolysis) is 1. The van der Waals surface area contributed by atoms with E-state index in [0.29, 0.717) is 13.0 Å². The molecule has 1 aromatic carbocycles. The predicted molar refractivity (Wildman–Crippen MR) is 128 cm³/mol. The molecular formula is C25H39N3O4. The highest BCUT2D eigenvalue weighted by molar-refractivity contribution is 5.91. The molecule has 1 unspecified atom stereocenters. The summed E-state index contributed by atoms with van der Waals surface area (Å²) in [7, 11) is 0. The number of nitrogens with one attached hydrogen (secondary N) is 3. The van der Waals surface area contributed by atoms with Crippen molar-refractivity contribution >= 4 is 24.0 Å². The maximum atomic E-state index is 12.8. The van der Waals surface area contributed by atoms with Gasteiger partial charge in [0.2, 0.25) is 11.8 Å². The first-order valence-corrected chi connectivity index (χ1v) is 11.2. The van der Waals surface area contributed by atoms with Crippen LogP contribution in [0.4, 0.5) is 4.79 Å². The molecule has 0 fully saturated rings. The zero-order valence-corrected chi connectivity index (χ0v) is 20.4. The van der Waals surface area contributed by atoms with Crippen LogP contribution in [0.1, 0.15) is 60.5 Å². The van der Waals surface area contributed by atoms with Crippen LogP contribution in [0.15, 0.2) is 36.4 Å². The van der Waals surface area contributed by atoms with Crippen molar-refractivity contribution in [3.8, 4) is 0 Å². The number of carbonyl (C=O) groups is 3. The van der Waals surface area contributed by atoms with Gasteiger partial charge in [-0.25, -0.2) is 4.79 Å². The standard InChI is InChI=1S/C25H39N3O4/c1-17(2)15-21(28-24(31)32-25(5,6)7)23(30)27-19(4)18(3)16-26-22(29)14-13-20-11-9-8-10-12-20/h8-14,17-19,21H,15-16H2,1-7H3,(H,26,29)(H,27,30)(H,28,31)/b14-13+/t18?,19-,21-/m0/s1. The highest BCUT2D eigenvalue weighted by atomic mass is 16.6. The van der Waals surface area contributed by atoms with Gasteiger partial charge in [0.25, 0.3) is 0 Å². The molecule has 0 aromatic heterocycles. The maximum Gasteiger partial charge on any atom is 0.408 e. The van der Waals surface area contributed by atoms with E-state index >= 15 is 0 Å². The van der Waals surface area contributed by atoms with E-state index in [0.717, 1.165) is 5.56 Å². The van der Waals surface area contributed by atoms with Gasteiger partial charge in [-0.1, -0.05) is 51.1 Å². The van der Waals surface area contributed by atoms with Gasteiger partial charge in [0.15, 0.2) is 0 Å². The van der Waals surface area contributed by atoms with Crippen LogP contribution in [-0.2, 0) is 14.3 Å². The monoisotopic (exact) mass is 445 g/mol. The minimum absolute atomic E-state index is 0.00532. The number of carbonyl (C=O) groups excluding carboxylic acids is 3. The van der Waals surface area contributed by atoms with Crippen LogP contribution in [0.2, 0.25) is 0 Å². The summed E-state index contributed by atoms with van der Waals surface area (Å²) in [5.41, 5.74) is 0.308. The van der Waals surface area contributed by atoms with Gasteiger partial charge in [-0.15, -0.1) is 0 Å². The molecule has 0 saturated heterocycles. The van der Waals surface area contributed by atoms with E-state index in [1.807, 2.05) is 58.0 Å². The van der Waals surface area contributed by atoms with Crippen molar-refractivity contribution < 1.29 is 19.1 Å². The second-order valence-electron chi connectivity index (χ2n) is 9.59. The Labute approximate surface area is 192 Å². The number of ether oxygens (including phenoxy) is 1. The molecule has 0 spiro atoms. The van der Waals surface area contributed by atoms with Crippen molar-refractivity contribution in [2.24, 2.45) is 11.8 Å². The summed E-state index contributed by atoms with van der Waals surface area (Å²) in [4.78, 5) is 37.0. The van der Waals surface area contributed by atoms with Crippen LogP contribution < -0.4 is 16.0 Å². The minimum atomic E-state index is -0.692. The summed E-state index contributed by atoms with van der Waals surface area (Å²) in [6, 6.07) is 8.69. The van der Waals surface area contributed by atoms with Crippen LogP contribution in [0.5, 0.6) is 0 Å². The molecule has 3 amide bonds. The zero-order valence-electron chi connectivity index (χ0n) is 20.4. The second-order valence-corrected chi connectivity index (χ2v) is 9.59. The molecule has 0 aliphatic rings. The van der Waals surface area contributed by atoms with E-state index in [-0.39, 0.29) is 29.7 Å². The van der Waals surface area contributed by atoms with Crippen LogP contribution in [0.25, 0.3) is 6.08 Å². The zero-order chi connectivity index (χ0) is 24.3. The largest absolute Gasteiger partial charge is 0.444 e. The van der Waals surface area contributed by atoms with Crippen LogP contribution in [0, 0.1) is 11.8 Å². The Bertz CT molecular complexity index is 769. The Hall–Kier alpha value is -2.83. The van der Waals surface area contributed by atoms with Gasteiger partial charge in [0, 0.05) is 18.7 Å². The van der Waals surface area contributed by atoms with Crippen molar-refractivity contribution in [2.45, 2.75) is 72.6 Å². The molecule has 1 rings (SSSR count). The van der Waals surface area contributed by atoms with E-state index in [1.54, 1.807) is 26.8 Å². The average molecular weight is 446 g/mol. The van der Waals surface area contributed by atoms with Crippen molar-refractivity contribution in [1.29, 1.82) is 0 Å². The van der Waals surface area contributed by atoms with E-state index in [4.69, 9.17) is 4.74 Å². The van der Waals surface area contributed by atoms with Gasteiger partial charge in [-0.05, 0) is 57.6 Å². The number of benzene rings is 1. The number of amides is 3. The molecular weight excluding hydrogens is 406 g/mol. The lowest BCUT2D eigenvalue weighted by atomic mass is 10.0. The molecule has 0 bridgehead atoms. The summed E-state index contributed by atoms with van der Waals surface area (Å²) in [6.45, 7) is 13.5. The summed E-state index contributed by atoms with van der Waals surface area (Å²) < 4.78 is 5.29. The molecule has 32 heavy (non-hydrogen) atoms. The smallest absolute Gasteiger partial charge is 0.408 e. The van der Waals surface area contributed by atoms with E-state index in [1.165, 1.54) is 6.08 Å². The Morgan fingerprint density at radius 1 is 1.00 bits per heavy atom. The van der Waals surface area contributed by atoms with Crippen LogP contribution in [-0.4, -0.2) is 42.1 Å². The molecule has 0 saturated carbocycles. The van der Waals surface area contributed by atoms with Crippen molar-refractivity contribution in [1.82, 2.24) is 16.0 Å². The first-order chi connectivity index (χ1) is 14.9. The fourth-order valence-corrected chi connectivity index (χ4v) is 2.85. The Morgan fingerprint density at radius 2 is 1.62 bits per heavy atom. The minimum Gasteiger partial charge on any atom is -0.444 e. The topological polar surface area (TPSA) is 96.5 Å². The summed E-state index contributed by atoms with van der Waals surface area (Å²) in [5.74, 6) is -0.249. The highest BCUT2D eigenvalue weighted by Gasteiger charge is 2.27. The third-order valence-corrected chi connectivity index (χ3v) is 4.76. The average Bonchev–Trinajstić information content (AvgIpc) is 2.68. The van der Waals surface area contributed by atoms with Crippen molar-refractivity contribution in [2.75, 3.05) is 6.54 Å². The predicted octanol–water partition coefficient (Wildman–Crippen LogP) is 3.90. The molecule has 178 valence electrons. The van der Waals surface area contributed by atoms with Gasteiger partial charge in [-0.2, -0.15) is 0 Å². The van der Waals surface area contributed by atoms with Crippen molar-refractivity contribution in [3.63, 3.8) is 0 Å². The highest BCUT2D eigenvalue weighted by Crippen LogP contribution is 2.11. The molecule has 7 nitrogen and oxygen atoms in total. The van der Waals surface area contributed by atoms with E-state index in [9.17, 15) is 14.4 Å². The molecule has 7 heteroatoms. The van der Waals surface area contributed by atoms with Crippen molar-refractivity contribution in [3.05, 3.63) is 42.0 Å². The molecule has 0 aliphatic heterocycles. The quantitative estimate of drug-likeness (QED) is 0.476. The lowest BCUT2D eigenvalue weighted by molar-refractivity contribution is -0.124. The summed E-state index contributed by atoms with van der Waals surface area (Å²) in [5, 5.41) is 8.50. The van der Waals surface area contributed by atoms with Gasteiger partial charge >= 0.3 is 6.09 Å². The molecule has 0 radical (unpaired) electrons. The molecule has 3 N–H and O–H groups in total. The Balaban J connectivity index is 2.57. The summed E-state index contributed by atoms with van der Waals surface area (Å²) in [6.07, 6.45) is 3.13. The molecule has 0 aliphatic carbocycles. The lowest BCUT2D eigenvalue weighted by Gasteiger charge is -2.27. The van der Waals surface area contributed by atoms with Crippen LogP contribution >= 0.6 is 0 Å². The maximum absolute atomic E-state index is 12.8. The number of hydrogen-bond acceptors (Lipinski definition) is 4.